The lowest BCUT2D eigenvalue weighted by Gasteiger charge is -2.21. The van der Waals surface area contributed by atoms with Gasteiger partial charge in [0.2, 0.25) is 0 Å². The van der Waals surface area contributed by atoms with E-state index >= 15 is 0 Å². The second kappa shape index (κ2) is 27.0. The van der Waals surface area contributed by atoms with Crippen LogP contribution in [0.1, 0.15) is 54.4 Å². The first-order valence-electron chi connectivity index (χ1n) is 11.0. The Hall–Kier alpha value is -0.200. The molecule has 0 spiro atoms. The van der Waals surface area contributed by atoms with Gasteiger partial charge in [-0.2, -0.15) is 0 Å². The van der Waals surface area contributed by atoms with Crippen molar-refractivity contribution in [2.75, 3.05) is 86.7 Å². The van der Waals surface area contributed by atoms with Gasteiger partial charge in [0, 0.05) is 39.3 Å². The molecule has 0 aromatic rings. The van der Waals surface area contributed by atoms with Crippen LogP contribution in [0, 0.1) is 0 Å². The van der Waals surface area contributed by atoms with Crippen molar-refractivity contribution in [1.82, 2.24) is 20.0 Å². The lowest BCUT2D eigenvalue weighted by atomic mass is 10.4. The van der Waals surface area contributed by atoms with Crippen molar-refractivity contribution in [2.45, 2.75) is 54.4 Å². The van der Waals surface area contributed by atoms with Crippen LogP contribution in [0.5, 0.6) is 0 Å². The Morgan fingerprint density at radius 1 is 0.538 bits per heavy atom. The van der Waals surface area contributed by atoms with Crippen molar-refractivity contribution in [3.05, 3.63) is 0 Å². The van der Waals surface area contributed by atoms with Crippen LogP contribution in [0.25, 0.3) is 0 Å². The van der Waals surface area contributed by atoms with Gasteiger partial charge in [0.15, 0.2) is 0 Å². The number of nitrogens with one attached hydrogen (secondary N) is 1. The zero-order valence-corrected chi connectivity index (χ0v) is 19.7. The maximum atomic E-state index is 5.10. The van der Waals surface area contributed by atoms with Crippen molar-refractivity contribution in [1.29, 1.82) is 0 Å². The second-order valence-corrected chi connectivity index (χ2v) is 5.98. The van der Waals surface area contributed by atoms with Crippen LogP contribution in [0.2, 0.25) is 0 Å². The van der Waals surface area contributed by atoms with E-state index in [-0.39, 0.29) is 0 Å². The lowest BCUT2D eigenvalue weighted by Crippen LogP contribution is -2.40. The predicted octanol–water partition coefficient (Wildman–Crippen LogP) is 3.26. The Morgan fingerprint density at radius 2 is 0.885 bits per heavy atom. The predicted molar refractivity (Wildman–Crippen MR) is 119 cm³/mol. The third kappa shape index (κ3) is 23.8. The number of nitrogens with zero attached hydrogens (tertiary/aromatic N) is 3. The zero-order valence-electron chi connectivity index (χ0n) is 19.7. The molecular formula is C21H52N4O. The molecule has 0 aromatic carbocycles. The molecule has 3 aliphatic heterocycles. The summed E-state index contributed by atoms with van der Waals surface area (Å²) in [5.41, 5.74) is 0. The highest BCUT2D eigenvalue weighted by Crippen LogP contribution is 2.02. The van der Waals surface area contributed by atoms with E-state index in [1.807, 2.05) is 41.5 Å². The quantitative estimate of drug-likeness (QED) is 0.701. The summed E-state index contributed by atoms with van der Waals surface area (Å²) in [7, 11) is 6.44. The standard InChI is InChI=1S/C5H12N2.C5H11NO.C5H11N.3C2H6/c1-7-4-2-6-3-5-7;1-6-2-4-7-5-3-6;1-6-4-2-3-5-6;3*1-2/h6H,2-5H2,1H3;2-5H2,1H3;2-5H2,1H3;3*1-2H3. The molecular weight excluding hydrogens is 324 g/mol. The highest BCUT2D eigenvalue weighted by molar-refractivity contribution is 4.62. The molecule has 5 heteroatoms. The first-order chi connectivity index (χ1) is 12.7. The van der Waals surface area contributed by atoms with Crippen molar-refractivity contribution >= 4 is 0 Å². The van der Waals surface area contributed by atoms with Gasteiger partial charge in [-0.3, -0.25) is 0 Å². The minimum atomic E-state index is 0.913. The van der Waals surface area contributed by atoms with E-state index in [9.17, 15) is 0 Å². The van der Waals surface area contributed by atoms with E-state index in [1.54, 1.807) is 0 Å². The minimum Gasteiger partial charge on any atom is -0.379 e. The summed E-state index contributed by atoms with van der Waals surface area (Å²) in [6, 6.07) is 0. The van der Waals surface area contributed by atoms with E-state index in [2.05, 4.69) is 41.2 Å². The van der Waals surface area contributed by atoms with Crippen molar-refractivity contribution in [2.24, 2.45) is 0 Å². The summed E-state index contributed by atoms with van der Waals surface area (Å²) in [6.07, 6.45) is 2.83. The molecule has 5 nitrogen and oxygen atoms in total. The fourth-order valence-corrected chi connectivity index (χ4v) is 2.31. The molecule has 3 saturated heterocycles. The summed E-state index contributed by atoms with van der Waals surface area (Å²) in [4.78, 5) is 6.96. The average molecular weight is 377 g/mol. The van der Waals surface area contributed by atoms with Crippen molar-refractivity contribution < 1.29 is 4.74 Å². The molecule has 3 fully saturated rings. The fourth-order valence-electron chi connectivity index (χ4n) is 2.31. The van der Waals surface area contributed by atoms with E-state index < -0.39 is 0 Å². The van der Waals surface area contributed by atoms with Gasteiger partial charge in [-0.05, 0) is 47.1 Å². The van der Waals surface area contributed by atoms with Crippen LogP contribution < -0.4 is 5.32 Å². The highest BCUT2D eigenvalue weighted by Gasteiger charge is 2.03. The molecule has 0 atom stereocenters. The van der Waals surface area contributed by atoms with Crippen LogP contribution in [-0.2, 0) is 4.74 Å². The van der Waals surface area contributed by atoms with Crippen LogP contribution in [-0.4, -0.2) is 101 Å². The minimum absolute atomic E-state index is 0.913. The van der Waals surface area contributed by atoms with E-state index in [0.29, 0.717) is 0 Å². The van der Waals surface area contributed by atoms with Gasteiger partial charge in [0.05, 0.1) is 13.2 Å². The summed E-state index contributed by atoms with van der Waals surface area (Å²) in [6.45, 7) is 23.4. The van der Waals surface area contributed by atoms with E-state index in [4.69, 9.17) is 4.74 Å². The second-order valence-electron chi connectivity index (χ2n) is 5.98. The van der Waals surface area contributed by atoms with Crippen molar-refractivity contribution in [3.63, 3.8) is 0 Å². The van der Waals surface area contributed by atoms with Crippen molar-refractivity contribution in [3.8, 4) is 0 Å². The Morgan fingerprint density at radius 3 is 1.08 bits per heavy atom. The smallest absolute Gasteiger partial charge is 0.0594 e. The average Bonchev–Trinajstić information content (AvgIpc) is 3.20. The van der Waals surface area contributed by atoms with Crippen LogP contribution in [0.4, 0.5) is 0 Å². The Bertz CT molecular complexity index is 196. The Kier molecular flexibility index (Phi) is 31.7. The molecule has 0 aliphatic carbocycles. The monoisotopic (exact) mass is 376 g/mol. The van der Waals surface area contributed by atoms with Gasteiger partial charge in [0.1, 0.15) is 0 Å². The number of rotatable bonds is 0. The molecule has 3 rings (SSSR count). The number of piperazine rings is 1. The topological polar surface area (TPSA) is 31.0 Å². The van der Waals surface area contributed by atoms with Gasteiger partial charge in [-0.25, -0.2) is 0 Å². The molecule has 3 heterocycles. The van der Waals surface area contributed by atoms with Crippen LogP contribution in [0.15, 0.2) is 0 Å². The molecule has 0 bridgehead atoms. The number of hydrogen-bond donors (Lipinski definition) is 1. The molecule has 0 unspecified atom stereocenters. The fraction of sp³-hybridized carbons (Fsp3) is 1.00. The molecule has 1 N–H and O–H groups in total. The molecule has 0 saturated carbocycles. The lowest BCUT2D eigenvalue weighted by molar-refractivity contribution is 0.0503. The molecule has 162 valence electrons. The molecule has 0 radical (unpaired) electrons. The van der Waals surface area contributed by atoms with Gasteiger partial charge >= 0.3 is 0 Å². The number of morpholine rings is 1. The highest BCUT2D eigenvalue weighted by atomic mass is 16.5. The summed E-state index contributed by atoms with van der Waals surface area (Å²) >= 11 is 0. The van der Waals surface area contributed by atoms with Gasteiger partial charge in [-0.15, -0.1) is 0 Å². The normalized spacial score (nSPS) is 20.2. The zero-order chi connectivity index (χ0) is 20.6. The van der Waals surface area contributed by atoms with Gasteiger partial charge in [-0.1, -0.05) is 41.5 Å². The SMILES string of the molecule is CC.CC.CC.CN1CCCC1.CN1CCNCC1.CN1CCOCC1. The Labute approximate surface area is 166 Å². The van der Waals surface area contributed by atoms with Gasteiger partial charge < -0.3 is 24.8 Å². The molecule has 0 amide bonds. The summed E-state index contributed by atoms with van der Waals surface area (Å²) < 4.78 is 5.10. The molecule has 0 aromatic heterocycles. The third-order valence-corrected chi connectivity index (χ3v) is 3.90. The maximum Gasteiger partial charge on any atom is 0.0594 e. The maximum absolute atomic E-state index is 5.10. The Balaban J connectivity index is -0.000000267. The third-order valence-electron chi connectivity index (χ3n) is 3.90. The summed E-state index contributed by atoms with van der Waals surface area (Å²) in [5.74, 6) is 0. The summed E-state index contributed by atoms with van der Waals surface area (Å²) in [5, 5.41) is 3.27. The number of hydrogen-bond acceptors (Lipinski definition) is 5. The molecule has 26 heavy (non-hydrogen) atoms. The number of likely N-dealkylation sites (N-methyl/N-ethyl adjacent to an activating group) is 2. The number of ether oxygens (including phenoxy) is 1. The first-order valence-corrected chi connectivity index (χ1v) is 11.0. The number of likely N-dealkylation sites (tertiary alicyclic amines) is 1. The van der Waals surface area contributed by atoms with Crippen LogP contribution in [0.3, 0.4) is 0 Å². The largest absolute Gasteiger partial charge is 0.379 e. The van der Waals surface area contributed by atoms with E-state index in [1.165, 1.54) is 39.0 Å². The molecule has 3 aliphatic rings. The van der Waals surface area contributed by atoms with Crippen LogP contribution >= 0.6 is 0 Å². The first kappa shape index (κ1) is 30.5. The van der Waals surface area contributed by atoms with E-state index in [0.717, 1.165) is 39.4 Å². The van der Waals surface area contributed by atoms with Gasteiger partial charge in [0.25, 0.3) is 0 Å².